The molecule has 140 valence electrons. The van der Waals surface area contributed by atoms with Crippen molar-refractivity contribution in [3.05, 3.63) is 51.8 Å². The second-order valence-corrected chi connectivity index (χ2v) is 8.54. The van der Waals surface area contributed by atoms with E-state index in [4.69, 9.17) is 0 Å². The lowest BCUT2D eigenvalue weighted by Gasteiger charge is -2.10. The fourth-order valence-electron chi connectivity index (χ4n) is 2.75. The zero-order valence-electron chi connectivity index (χ0n) is 14.8. The zero-order valence-corrected chi connectivity index (χ0v) is 16.4. The van der Waals surface area contributed by atoms with E-state index in [0.29, 0.717) is 0 Å². The number of thiophene rings is 1. The molecule has 1 N–H and O–H groups in total. The smallest absolute Gasteiger partial charge is 0.345 e. The van der Waals surface area contributed by atoms with Crippen molar-refractivity contribution in [2.24, 2.45) is 0 Å². The molecule has 2 aromatic heterocycles. The first-order valence-electron chi connectivity index (χ1n) is 8.37. The number of thioether (sulfide) groups is 1. The lowest BCUT2D eigenvalue weighted by atomic mass is 10.1. The zero-order chi connectivity index (χ0) is 18.5. The Bertz CT molecular complexity index is 845. The molecule has 0 bridgehead atoms. The van der Waals surface area contributed by atoms with Crippen LogP contribution in [-0.4, -0.2) is 37.1 Å². The molecule has 0 unspecified atom stereocenters. The molecular weight excluding hydrogens is 374 g/mol. The molecule has 0 fully saturated rings. The van der Waals surface area contributed by atoms with Crippen LogP contribution in [0.2, 0.25) is 0 Å². The summed E-state index contributed by atoms with van der Waals surface area (Å²) in [5.41, 5.74) is 2.48. The standard InChI is InChI=1S/C19H22F2N2OS2/c1-23(2)9-8-13-10-22-16-4-3-5-17(18(13)16)25-12-15-7-6-14(26-15)11-24-19(20)21/h3-7,10,19,22H,8-9,11-12H2,1-2H3. The van der Waals surface area contributed by atoms with Crippen LogP contribution in [0.4, 0.5) is 8.78 Å². The van der Waals surface area contributed by atoms with E-state index < -0.39 is 6.61 Å². The molecule has 0 aliphatic carbocycles. The average molecular weight is 397 g/mol. The third-order valence-electron chi connectivity index (χ3n) is 4.02. The van der Waals surface area contributed by atoms with Crippen molar-refractivity contribution < 1.29 is 13.5 Å². The number of ether oxygens (including phenoxy) is 1. The predicted molar refractivity (Wildman–Crippen MR) is 105 cm³/mol. The maximum atomic E-state index is 12.1. The highest BCUT2D eigenvalue weighted by Gasteiger charge is 2.11. The molecule has 26 heavy (non-hydrogen) atoms. The van der Waals surface area contributed by atoms with Crippen molar-refractivity contribution in [2.45, 2.75) is 30.3 Å². The van der Waals surface area contributed by atoms with E-state index in [1.165, 1.54) is 27.2 Å². The number of rotatable bonds is 9. The summed E-state index contributed by atoms with van der Waals surface area (Å²) in [7, 11) is 4.16. The summed E-state index contributed by atoms with van der Waals surface area (Å²) in [6.07, 6.45) is 3.10. The highest BCUT2D eigenvalue weighted by atomic mass is 32.2. The summed E-state index contributed by atoms with van der Waals surface area (Å²) >= 11 is 3.31. The van der Waals surface area contributed by atoms with Crippen molar-refractivity contribution in [3.63, 3.8) is 0 Å². The number of H-pyrrole nitrogens is 1. The molecular formula is C19H22F2N2OS2. The number of fused-ring (bicyclic) bond motifs is 1. The third kappa shape index (κ3) is 5.07. The van der Waals surface area contributed by atoms with Crippen LogP contribution in [0.3, 0.4) is 0 Å². The van der Waals surface area contributed by atoms with Gasteiger partial charge in [0.1, 0.15) is 0 Å². The molecule has 3 nitrogen and oxygen atoms in total. The summed E-state index contributed by atoms with van der Waals surface area (Å²) < 4.78 is 28.6. The molecule has 0 saturated carbocycles. The van der Waals surface area contributed by atoms with Gasteiger partial charge >= 0.3 is 6.61 Å². The van der Waals surface area contributed by atoms with Crippen LogP contribution in [0.5, 0.6) is 0 Å². The van der Waals surface area contributed by atoms with Gasteiger partial charge in [-0.2, -0.15) is 8.78 Å². The number of hydrogen-bond donors (Lipinski definition) is 1. The number of aromatic nitrogens is 1. The van der Waals surface area contributed by atoms with Crippen LogP contribution < -0.4 is 0 Å². The van der Waals surface area contributed by atoms with Gasteiger partial charge in [0.05, 0.1) is 6.61 Å². The van der Waals surface area contributed by atoms with E-state index in [0.717, 1.165) is 34.0 Å². The van der Waals surface area contributed by atoms with E-state index >= 15 is 0 Å². The van der Waals surface area contributed by atoms with Gasteiger partial charge in [0.2, 0.25) is 0 Å². The number of nitrogens with zero attached hydrogens (tertiary/aromatic N) is 1. The molecule has 0 atom stereocenters. The maximum absolute atomic E-state index is 12.1. The van der Waals surface area contributed by atoms with Crippen LogP contribution in [0.15, 0.2) is 41.4 Å². The molecule has 0 radical (unpaired) electrons. The van der Waals surface area contributed by atoms with Crippen LogP contribution in [-0.2, 0) is 23.5 Å². The van der Waals surface area contributed by atoms with Crippen molar-refractivity contribution in [2.75, 3.05) is 20.6 Å². The van der Waals surface area contributed by atoms with Crippen molar-refractivity contribution >= 4 is 34.0 Å². The molecule has 0 aliphatic rings. The van der Waals surface area contributed by atoms with E-state index in [2.05, 4.69) is 53.1 Å². The summed E-state index contributed by atoms with van der Waals surface area (Å²) in [5, 5.41) is 1.29. The highest BCUT2D eigenvalue weighted by Crippen LogP contribution is 2.34. The molecule has 3 aromatic rings. The number of nitrogens with one attached hydrogen (secondary N) is 1. The van der Waals surface area contributed by atoms with E-state index in [-0.39, 0.29) is 6.61 Å². The van der Waals surface area contributed by atoms with Gasteiger partial charge < -0.3 is 14.6 Å². The van der Waals surface area contributed by atoms with Gasteiger partial charge in [-0.1, -0.05) is 6.07 Å². The lowest BCUT2D eigenvalue weighted by Crippen LogP contribution is -2.14. The Balaban J connectivity index is 1.69. The number of aromatic amines is 1. The molecule has 3 rings (SSSR count). The molecule has 0 aliphatic heterocycles. The third-order valence-corrected chi connectivity index (χ3v) is 6.36. The van der Waals surface area contributed by atoms with E-state index in [1.807, 2.05) is 12.1 Å². The van der Waals surface area contributed by atoms with Gasteiger partial charge in [-0.15, -0.1) is 23.1 Å². The minimum absolute atomic E-state index is 0.0327. The quantitative estimate of drug-likeness (QED) is 0.493. The van der Waals surface area contributed by atoms with Crippen LogP contribution in [0.25, 0.3) is 10.9 Å². The largest absolute Gasteiger partial charge is 0.361 e. The van der Waals surface area contributed by atoms with Crippen molar-refractivity contribution in [1.82, 2.24) is 9.88 Å². The lowest BCUT2D eigenvalue weighted by molar-refractivity contribution is -0.136. The summed E-state index contributed by atoms with van der Waals surface area (Å²) in [6.45, 7) is -1.75. The SMILES string of the molecule is CN(C)CCc1c[nH]c2cccc(SCc3ccc(COC(F)F)s3)c12. The van der Waals surface area contributed by atoms with Gasteiger partial charge in [0.25, 0.3) is 0 Å². The summed E-state index contributed by atoms with van der Waals surface area (Å²) in [5.74, 6) is 0.816. The van der Waals surface area contributed by atoms with Gasteiger partial charge in [-0.25, -0.2) is 0 Å². The van der Waals surface area contributed by atoms with Crippen molar-refractivity contribution in [3.8, 4) is 0 Å². The topological polar surface area (TPSA) is 28.3 Å². The monoisotopic (exact) mass is 396 g/mol. The fourth-order valence-corrected chi connectivity index (χ4v) is 4.86. The number of alkyl halides is 2. The van der Waals surface area contributed by atoms with Crippen LogP contribution in [0.1, 0.15) is 15.3 Å². The molecule has 0 amide bonds. The molecule has 2 heterocycles. The normalized spacial score (nSPS) is 11.9. The Morgan fingerprint density at radius 3 is 2.77 bits per heavy atom. The van der Waals surface area contributed by atoms with Crippen molar-refractivity contribution in [1.29, 1.82) is 0 Å². The Hall–Kier alpha value is -1.41. The van der Waals surface area contributed by atoms with Gasteiger partial charge in [-0.05, 0) is 50.3 Å². The minimum Gasteiger partial charge on any atom is -0.361 e. The second-order valence-electron chi connectivity index (χ2n) is 6.27. The highest BCUT2D eigenvalue weighted by molar-refractivity contribution is 7.98. The average Bonchev–Trinajstić information content (AvgIpc) is 3.23. The number of benzene rings is 1. The van der Waals surface area contributed by atoms with Gasteiger partial charge in [-0.3, -0.25) is 0 Å². The first-order valence-corrected chi connectivity index (χ1v) is 10.2. The first-order chi connectivity index (χ1) is 12.5. The Kier molecular flexibility index (Phi) is 6.69. The molecule has 0 saturated heterocycles. The van der Waals surface area contributed by atoms with Crippen LogP contribution in [0, 0.1) is 0 Å². The van der Waals surface area contributed by atoms with E-state index in [1.54, 1.807) is 11.8 Å². The summed E-state index contributed by atoms with van der Waals surface area (Å²) in [6, 6.07) is 10.2. The maximum Gasteiger partial charge on any atom is 0.345 e. The van der Waals surface area contributed by atoms with Gasteiger partial charge in [0, 0.05) is 44.0 Å². The van der Waals surface area contributed by atoms with Crippen LogP contribution >= 0.6 is 23.1 Å². The number of likely N-dealkylation sites (N-methyl/N-ethyl adjacent to an activating group) is 1. The minimum atomic E-state index is -2.72. The predicted octanol–water partition coefficient (Wildman–Crippen LogP) is 5.37. The fraction of sp³-hybridized carbons (Fsp3) is 0.368. The Labute approximate surface area is 160 Å². The summed E-state index contributed by atoms with van der Waals surface area (Å²) in [4.78, 5) is 8.78. The molecule has 0 spiro atoms. The molecule has 7 heteroatoms. The molecule has 1 aromatic carbocycles. The Morgan fingerprint density at radius 1 is 1.19 bits per heavy atom. The van der Waals surface area contributed by atoms with Gasteiger partial charge in [0.15, 0.2) is 0 Å². The number of hydrogen-bond acceptors (Lipinski definition) is 4. The van der Waals surface area contributed by atoms with E-state index in [9.17, 15) is 8.78 Å². The number of halogens is 2. The Morgan fingerprint density at radius 2 is 2.00 bits per heavy atom. The second kappa shape index (κ2) is 8.99. The first kappa shape index (κ1) is 19.4.